The number of amides is 1. The first-order valence-corrected chi connectivity index (χ1v) is 14.5. The van der Waals surface area contributed by atoms with Gasteiger partial charge in [-0.3, -0.25) is 9.52 Å². The summed E-state index contributed by atoms with van der Waals surface area (Å²) in [6.45, 7) is 0. The van der Waals surface area contributed by atoms with Crippen LogP contribution in [0.5, 0.6) is 0 Å². The molecular formula is C28H21BrCl2N2O5S. The normalized spacial score (nSPS) is 12.0. The SMILES string of the molecule is O=C(NC(Cc1ccc(-c2ccccc2)cc1)C(=O)O)c1cc(Br)ccc1NS(=O)(=O)c1ccc(Cl)c(Cl)c1. The van der Waals surface area contributed by atoms with E-state index in [0.717, 1.165) is 11.1 Å². The molecule has 0 aromatic heterocycles. The average Bonchev–Trinajstić information content (AvgIpc) is 2.91. The number of carbonyl (C=O) groups is 2. The highest BCUT2D eigenvalue weighted by molar-refractivity contribution is 9.10. The number of hydrogen-bond acceptors (Lipinski definition) is 4. The summed E-state index contributed by atoms with van der Waals surface area (Å²) in [6, 6.07) is 24.0. The van der Waals surface area contributed by atoms with E-state index in [4.69, 9.17) is 23.2 Å². The third-order valence-corrected chi connectivity index (χ3v) is 8.37. The Morgan fingerprint density at radius 3 is 2.15 bits per heavy atom. The molecule has 4 rings (SSSR count). The number of rotatable bonds is 9. The summed E-state index contributed by atoms with van der Waals surface area (Å²) < 4.78 is 28.8. The van der Waals surface area contributed by atoms with Gasteiger partial charge in [-0.25, -0.2) is 13.2 Å². The number of sulfonamides is 1. The molecule has 0 radical (unpaired) electrons. The molecular weight excluding hydrogens is 627 g/mol. The molecule has 0 saturated heterocycles. The van der Waals surface area contributed by atoms with Crippen molar-refractivity contribution in [1.29, 1.82) is 0 Å². The highest BCUT2D eigenvalue weighted by Crippen LogP contribution is 2.28. The Morgan fingerprint density at radius 2 is 1.51 bits per heavy atom. The quantitative estimate of drug-likeness (QED) is 0.188. The van der Waals surface area contributed by atoms with E-state index >= 15 is 0 Å². The molecule has 1 unspecified atom stereocenters. The van der Waals surface area contributed by atoms with Crippen molar-refractivity contribution < 1.29 is 23.1 Å². The Hall–Kier alpha value is -3.37. The molecule has 11 heteroatoms. The molecule has 7 nitrogen and oxygen atoms in total. The molecule has 3 N–H and O–H groups in total. The zero-order valence-electron chi connectivity index (χ0n) is 20.1. The molecule has 0 spiro atoms. The molecule has 1 amide bonds. The van der Waals surface area contributed by atoms with Crippen LogP contribution in [0.4, 0.5) is 5.69 Å². The minimum Gasteiger partial charge on any atom is -0.480 e. The van der Waals surface area contributed by atoms with E-state index in [0.29, 0.717) is 10.0 Å². The summed E-state index contributed by atoms with van der Waals surface area (Å²) in [5, 5.41) is 12.6. The third-order valence-electron chi connectivity index (χ3n) is 5.78. The summed E-state index contributed by atoms with van der Waals surface area (Å²) in [5.74, 6) is -2.00. The number of carbonyl (C=O) groups excluding carboxylic acids is 1. The van der Waals surface area contributed by atoms with Crippen LogP contribution in [0.1, 0.15) is 15.9 Å². The lowest BCUT2D eigenvalue weighted by atomic mass is 10.0. The monoisotopic (exact) mass is 646 g/mol. The number of carboxylic acid groups (broad SMARTS) is 1. The Bertz CT molecular complexity index is 1630. The fourth-order valence-electron chi connectivity index (χ4n) is 3.78. The van der Waals surface area contributed by atoms with E-state index in [1.807, 2.05) is 42.5 Å². The van der Waals surface area contributed by atoms with Gasteiger partial charge in [0.1, 0.15) is 6.04 Å². The van der Waals surface area contributed by atoms with Crippen LogP contribution < -0.4 is 10.0 Å². The molecule has 1 atom stereocenters. The van der Waals surface area contributed by atoms with Gasteiger partial charge < -0.3 is 10.4 Å². The molecule has 0 aliphatic carbocycles. The van der Waals surface area contributed by atoms with Gasteiger partial charge in [-0.2, -0.15) is 0 Å². The molecule has 39 heavy (non-hydrogen) atoms. The van der Waals surface area contributed by atoms with Crippen LogP contribution in [0, 0.1) is 0 Å². The van der Waals surface area contributed by atoms with Crippen molar-refractivity contribution in [2.75, 3.05) is 4.72 Å². The van der Waals surface area contributed by atoms with Crippen LogP contribution >= 0.6 is 39.1 Å². The topological polar surface area (TPSA) is 113 Å². The Kier molecular flexibility index (Phi) is 8.97. The van der Waals surface area contributed by atoms with Crippen molar-refractivity contribution >= 4 is 66.7 Å². The number of anilines is 1. The predicted molar refractivity (Wildman–Crippen MR) is 156 cm³/mol. The minimum absolute atomic E-state index is 0.0223. The molecule has 0 fully saturated rings. The summed E-state index contributed by atoms with van der Waals surface area (Å²) in [5.41, 5.74) is 2.59. The second kappa shape index (κ2) is 12.2. The van der Waals surface area contributed by atoms with Gasteiger partial charge in [0, 0.05) is 10.9 Å². The van der Waals surface area contributed by atoms with E-state index in [9.17, 15) is 23.1 Å². The highest BCUT2D eigenvalue weighted by atomic mass is 79.9. The number of hydrogen-bond donors (Lipinski definition) is 3. The fraction of sp³-hybridized carbons (Fsp3) is 0.0714. The maximum absolute atomic E-state index is 13.2. The number of carboxylic acids is 1. The fourth-order valence-corrected chi connectivity index (χ4v) is 5.61. The number of halogens is 3. The second-order valence-electron chi connectivity index (χ2n) is 8.50. The standard InChI is InChI=1S/C28H21BrCl2N2O5S/c29-20-10-13-25(33-39(37,38)21-11-12-23(30)24(31)16-21)22(15-20)27(34)32-26(28(35)36)14-17-6-8-19(9-7-17)18-4-2-1-3-5-18/h1-13,15-16,26,33H,14H2,(H,32,34)(H,35,36). The van der Waals surface area contributed by atoms with E-state index in [-0.39, 0.29) is 32.6 Å². The van der Waals surface area contributed by atoms with Crippen molar-refractivity contribution in [1.82, 2.24) is 5.32 Å². The van der Waals surface area contributed by atoms with Crippen molar-refractivity contribution in [2.45, 2.75) is 17.4 Å². The summed E-state index contributed by atoms with van der Waals surface area (Å²) in [6.07, 6.45) is 0.0223. The first-order valence-electron chi connectivity index (χ1n) is 11.5. The van der Waals surface area contributed by atoms with Crippen LogP contribution in [0.15, 0.2) is 100 Å². The smallest absolute Gasteiger partial charge is 0.326 e. The maximum atomic E-state index is 13.2. The van der Waals surface area contributed by atoms with Crippen LogP contribution in [-0.2, 0) is 21.2 Å². The van der Waals surface area contributed by atoms with E-state index in [1.165, 1.54) is 30.3 Å². The molecule has 0 heterocycles. The molecule has 0 saturated carbocycles. The van der Waals surface area contributed by atoms with Crippen molar-refractivity contribution in [3.05, 3.63) is 117 Å². The second-order valence-corrected chi connectivity index (χ2v) is 11.9. The molecule has 0 bridgehead atoms. The zero-order valence-corrected chi connectivity index (χ0v) is 24.0. The van der Waals surface area contributed by atoms with Crippen LogP contribution in [0.2, 0.25) is 10.0 Å². The lowest BCUT2D eigenvalue weighted by Gasteiger charge is -2.18. The number of benzene rings is 4. The van der Waals surface area contributed by atoms with Crippen molar-refractivity contribution in [2.24, 2.45) is 0 Å². The highest BCUT2D eigenvalue weighted by Gasteiger charge is 2.25. The van der Waals surface area contributed by atoms with Gasteiger partial charge in [-0.05, 0) is 53.1 Å². The van der Waals surface area contributed by atoms with Crippen LogP contribution in [-0.4, -0.2) is 31.4 Å². The lowest BCUT2D eigenvalue weighted by Crippen LogP contribution is -2.42. The first kappa shape index (κ1) is 28.6. The molecule has 0 aliphatic heterocycles. The van der Waals surface area contributed by atoms with E-state index in [1.54, 1.807) is 18.2 Å². The van der Waals surface area contributed by atoms with E-state index in [2.05, 4.69) is 26.0 Å². The Labute approximate surface area is 244 Å². The third kappa shape index (κ3) is 7.19. The van der Waals surface area contributed by atoms with Crippen LogP contribution in [0.3, 0.4) is 0 Å². The summed E-state index contributed by atoms with van der Waals surface area (Å²) in [7, 11) is -4.15. The number of nitrogens with one attached hydrogen (secondary N) is 2. The zero-order chi connectivity index (χ0) is 28.2. The minimum atomic E-state index is -4.15. The van der Waals surface area contributed by atoms with Gasteiger partial charge in [0.25, 0.3) is 15.9 Å². The summed E-state index contributed by atoms with van der Waals surface area (Å²) in [4.78, 5) is 25.1. The predicted octanol–water partition coefficient (Wildman–Crippen LogP) is 6.65. The largest absolute Gasteiger partial charge is 0.480 e. The average molecular weight is 648 g/mol. The van der Waals surface area contributed by atoms with Crippen molar-refractivity contribution in [3.8, 4) is 11.1 Å². The Morgan fingerprint density at radius 1 is 0.846 bits per heavy atom. The Balaban J connectivity index is 1.54. The van der Waals surface area contributed by atoms with E-state index < -0.39 is 27.9 Å². The first-order chi connectivity index (χ1) is 18.5. The molecule has 200 valence electrons. The molecule has 0 aliphatic rings. The van der Waals surface area contributed by atoms with Gasteiger partial charge in [0.15, 0.2) is 0 Å². The van der Waals surface area contributed by atoms with Crippen LogP contribution in [0.25, 0.3) is 11.1 Å². The summed E-state index contributed by atoms with van der Waals surface area (Å²) >= 11 is 15.1. The number of aliphatic carboxylic acids is 1. The van der Waals surface area contributed by atoms with Gasteiger partial charge in [-0.15, -0.1) is 0 Å². The van der Waals surface area contributed by atoms with Crippen molar-refractivity contribution in [3.63, 3.8) is 0 Å². The maximum Gasteiger partial charge on any atom is 0.326 e. The molecule has 4 aromatic rings. The van der Waals surface area contributed by atoms with Gasteiger partial charge >= 0.3 is 5.97 Å². The lowest BCUT2D eigenvalue weighted by molar-refractivity contribution is -0.139. The van der Waals surface area contributed by atoms with Gasteiger partial charge in [-0.1, -0.05) is 93.7 Å². The van der Waals surface area contributed by atoms with Gasteiger partial charge in [0.2, 0.25) is 0 Å². The van der Waals surface area contributed by atoms with Gasteiger partial charge in [0.05, 0.1) is 26.2 Å². The molecule has 4 aromatic carbocycles.